The molecule has 0 radical (unpaired) electrons. The molecule has 3 nitrogen and oxygen atoms in total. The maximum atomic E-state index is 4.93. The first-order valence-corrected chi connectivity index (χ1v) is 14.3. The molecule has 0 saturated carbocycles. The van der Waals surface area contributed by atoms with Crippen LogP contribution >= 0.6 is 17.0 Å². The number of para-hydroxylation sites is 1. The van der Waals surface area contributed by atoms with E-state index in [9.17, 15) is 0 Å². The molecule has 0 aliphatic carbocycles. The largest absolute Gasteiger partial charge is 0.232 e. The molecule has 0 saturated heterocycles. The molecule has 0 atom stereocenters. The van der Waals surface area contributed by atoms with E-state index in [4.69, 9.17) is 17.0 Å². The van der Waals surface area contributed by atoms with E-state index < -0.39 is 20.8 Å². The minimum absolute atomic E-state index is 0.826. The predicted molar refractivity (Wildman–Crippen MR) is 106 cm³/mol. The summed E-state index contributed by atoms with van der Waals surface area (Å²) >= 11 is -0.826. The first kappa shape index (κ1) is 19.0. The minimum atomic E-state index is -0.826. The average molecular weight is 459 g/mol. The summed E-state index contributed by atoms with van der Waals surface area (Å²) in [7, 11) is 9.87. The maximum Gasteiger partial charge on any atom is 0.113 e. The van der Waals surface area contributed by atoms with Gasteiger partial charge in [-0.05, 0) is 17.8 Å². The molecule has 0 fully saturated rings. The van der Waals surface area contributed by atoms with Crippen molar-refractivity contribution in [2.45, 2.75) is 0 Å². The van der Waals surface area contributed by atoms with E-state index in [2.05, 4.69) is 34.6 Å². The zero-order valence-electron chi connectivity index (χ0n) is 13.8. The van der Waals surface area contributed by atoms with Crippen LogP contribution in [0.25, 0.3) is 27.5 Å². The summed E-state index contributed by atoms with van der Waals surface area (Å²) < 4.78 is 1.88. The number of fused-ring (bicyclic) bond motifs is 2. The number of aromatic nitrogens is 3. The van der Waals surface area contributed by atoms with Crippen molar-refractivity contribution in [3.8, 4) is 5.69 Å². The number of hydrogen-bond acceptors (Lipinski definition) is 2. The first-order valence-electron chi connectivity index (χ1n) is 7.92. The van der Waals surface area contributed by atoms with E-state index in [0.717, 1.165) is 16.7 Å². The van der Waals surface area contributed by atoms with Crippen molar-refractivity contribution in [2.75, 3.05) is 0 Å². The van der Waals surface area contributed by atoms with Crippen molar-refractivity contribution < 1.29 is 20.8 Å². The zero-order chi connectivity index (χ0) is 18.2. The number of halogens is 2. The quantitative estimate of drug-likeness (QED) is 0.285. The van der Waals surface area contributed by atoms with Gasteiger partial charge < -0.3 is 0 Å². The molecule has 0 unspecified atom stereocenters. The normalized spacial score (nSPS) is 9.77. The third-order valence-electron chi connectivity index (χ3n) is 3.75. The van der Waals surface area contributed by atoms with E-state index in [0.29, 0.717) is 0 Å². The summed E-state index contributed by atoms with van der Waals surface area (Å²) in [4.78, 5) is 0. The molecule has 0 bridgehead atoms. The van der Waals surface area contributed by atoms with E-state index in [-0.39, 0.29) is 0 Å². The molecular weight excluding hydrogens is 444 g/mol. The fourth-order valence-corrected chi connectivity index (χ4v) is 2.64. The Morgan fingerprint density at radius 2 is 1.58 bits per heavy atom. The standard InChI is InChI=1S/C15H10N3.C5H5.2ClH.Zr/c1-2-6-12-10-13(9-11(12)5-1)18-15-8-4-3-7-14(15)16-17-18;1-2-4-5-3-1;;;/h1-10H;1-5H;2*1H;/q2*-1;;;+4/p-2. The summed E-state index contributed by atoms with van der Waals surface area (Å²) in [5, 5.41) is 10.9. The average Bonchev–Trinajstić information content (AvgIpc) is 3.42. The van der Waals surface area contributed by atoms with Gasteiger partial charge in [-0.25, -0.2) is 16.8 Å². The Hall–Kier alpha value is -1.74. The van der Waals surface area contributed by atoms with Gasteiger partial charge in [0.15, 0.2) is 0 Å². The molecular formula is C20H15Cl2N3Zr. The molecule has 0 aliphatic rings. The molecule has 4 aromatic carbocycles. The smallest absolute Gasteiger partial charge is 0.113 e. The summed E-state index contributed by atoms with van der Waals surface area (Å²) in [6.07, 6.45) is 0. The molecule has 128 valence electrons. The Bertz CT molecular complexity index is 1000. The van der Waals surface area contributed by atoms with E-state index in [1.165, 1.54) is 10.8 Å². The van der Waals surface area contributed by atoms with Gasteiger partial charge in [0.25, 0.3) is 0 Å². The van der Waals surface area contributed by atoms with Crippen LogP contribution in [0.3, 0.4) is 0 Å². The SMILES string of the molecule is [Cl][Zr+2][Cl].c1cc[cH-]c1.c1ccc2[cH-]c(-n3nnc4ccccc43)cc2c1. The predicted octanol–water partition coefficient (Wildman–Crippen LogP) is 6.07. The summed E-state index contributed by atoms with van der Waals surface area (Å²) in [6.45, 7) is 0. The van der Waals surface area contributed by atoms with Crippen LogP contribution < -0.4 is 0 Å². The Balaban J connectivity index is 0.000000207. The van der Waals surface area contributed by atoms with E-state index >= 15 is 0 Å². The number of hydrogen-bond donors (Lipinski definition) is 0. The molecule has 5 aromatic rings. The minimum Gasteiger partial charge on any atom is -0.232 e. The second-order valence-electron chi connectivity index (χ2n) is 5.37. The van der Waals surface area contributed by atoms with Gasteiger partial charge in [0.05, 0.1) is 5.52 Å². The van der Waals surface area contributed by atoms with Gasteiger partial charge in [0, 0.05) is 0 Å². The van der Waals surface area contributed by atoms with Crippen molar-refractivity contribution in [1.82, 2.24) is 15.0 Å². The summed E-state index contributed by atoms with van der Waals surface area (Å²) in [6, 6.07) is 30.6. The van der Waals surface area contributed by atoms with Crippen molar-refractivity contribution in [2.24, 2.45) is 0 Å². The van der Waals surface area contributed by atoms with Crippen LogP contribution in [-0.4, -0.2) is 15.0 Å². The number of rotatable bonds is 1. The second-order valence-corrected chi connectivity index (χ2v) is 9.10. The van der Waals surface area contributed by atoms with Crippen LogP contribution in [0.1, 0.15) is 0 Å². The molecule has 6 heteroatoms. The van der Waals surface area contributed by atoms with Crippen molar-refractivity contribution in [1.29, 1.82) is 0 Å². The third-order valence-corrected chi connectivity index (χ3v) is 3.75. The van der Waals surface area contributed by atoms with Gasteiger partial charge in [-0.2, -0.15) is 18.2 Å². The Kier molecular flexibility index (Phi) is 7.19. The molecule has 5 rings (SSSR count). The fraction of sp³-hybridized carbons (Fsp3) is 0. The molecule has 0 N–H and O–H groups in total. The van der Waals surface area contributed by atoms with Crippen LogP contribution in [-0.2, 0) is 20.8 Å². The Morgan fingerprint density at radius 3 is 2.27 bits per heavy atom. The van der Waals surface area contributed by atoms with Crippen LogP contribution in [0, 0.1) is 0 Å². The Labute approximate surface area is 170 Å². The van der Waals surface area contributed by atoms with Gasteiger partial charge in [0.2, 0.25) is 0 Å². The van der Waals surface area contributed by atoms with Crippen molar-refractivity contribution in [3.63, 3.8) is 0 Å². The molecule has 1 heterocycles. The fourth-order valence-electron chi connectivity index (χ4n) is 2.64. The Morgan fingerprint density at radius 1 is 0.885 bits per heavy atom. The number of benzene rings is 2. The van der Waals surface area contributed by atoms with Gasteiger partial charge in [0.1, 0.15) is 5.52 Å². The first-order chi connectivity index (χ1) is 12.8. The summed E-state index contributed by atoms with van der Waals surface area (Å²) in [5.74, 6) is 0. The monoisotopic (exact) mass is 457 g/mol. The maximum absolute atomic E-state index is 4.93. The van der Waals surface area contributed by atoms with Crippen LogP contribution in [0.4, 0.5) is 0 Å². The van der Waals surface area contributed by atoms with Crippen LogP contribution in [0.2, 0.25) is 0 Å². The number of nitrogens with zero attached hydrogens (tertiary/aromatic N) is 3. The molecule has 1 aromatic heterocycles. The van der Waals surface area contributed by atoms with Crippen molar-refractivity contribution in [3.05, 3.63) is 91.0 Å². The van der Waals surface area contributed by atoms with Gasteiger partial charge >= 0.3 is 37.9 Å². The van der Waals surface area contributed by atoms with Crippen LogP contribution in [0.15, 0.2) is 91.0 Å². The van der Waals surface area contributed by atoms with Gasteiger partial charge in [-0.3, -0.25) is 0 Å². The third kappa shape index (κ3) is 4.70. The summed E-state index contributed by atoms with van der Waals surface area (Å²) in [5.41, 5.74) is 3.01. The topological polar surface area (TPSA) is 30.7 Å². The molecule has 0 amide bonds. The molecule has 0 spiro atoms. The van der Waals surface area contributed by atoms with Gasteiger partial charge in [-0.15, -0.1) is 46.2 Å². The molecule has 0 aliphatic heterocycles. The van der Waals surface area contributed by atoms with Crippen molar-refractivity contribution >= 4 is 38.8 Å². The molecule has 26 heavy (non-hydrogen) atoms. The van der Waals surface area contributed by atoms with E-state index in [1.807, 2.05) is 71.4 Å². The zero-order valence-corrected chi connectivity index (χ0v) is 17.7. The van der Waals surface area contributed by atoms with E-state index in [1.54, 1.807) is 0 Å². The second kappa shape index (κ2) is 9.82. The van der Waals surface area contributed by atoms with Crippen LogP contribution in [0.5, 0.6) is 0 Å². The van der Waals surface area contributed by atoms with Gasteiger partial charge in [-0.1, -0.05) is 23.4 Å².